The molecule has 0 aliphatic carbocycles. The molecule has 4 aromatic rings. The van der Waals surface area contributed by atoms with Crippen LogP contribution in [0.25, 0.3) is 33.4 Å². The van der Waals surface area contributed by atoms with Crippen LogP contribution in [0.2, 0.25) is 0 Å². The summed E-state index contributed by atoms with van der Waals surface area (Å²) < 4.78 is 0. The molecule has 2 aromatic carbocycles. The van der Waals surface area contributed by atoms with E-state index >= 15 is 0 Å². The molecule has 4 heteroatoms. The summed E-state index contributed by atoms with van der Waals surface area (Å²) in [6, 6.07) is 18.3. The van der Waals surface area contributed by atoms with Gasteiger partial charge < -0.3 is 10.2 Å². The van der Waals surface area contributed by atoms with Crippen LogP contribution in [0.4, 0.5) is 0 Å². The number of aromatic hydroxyl groups is 2. The maximum Gasteiger partial charge on any atom is 0.123 e. The molecule has 0 aliphatic rings. The Bertz CT molecular complexity index is 961. The highest BCUT2D eigenvalue weighted by Gasteiger charge is 2.12. The lowest BCUT2D eigenvalue weighted by atomic mass is 9.95. The van der Waals surface area contributed by atoms with Crippen LogP contribution in [-0.4, -0.2) is 20.2 Å². The second kappa shape index (κ2) is 6.69. The predicted octanol–water partition coefficient (Wildman–Crippen LogP) is 4.89. The fourth-order valence-corrected chi connectivity index (χ4v) is 2.95. The Balaban J connectivity index is 1.85. The fraction of sp³-hybridized carbons (Fsp3) is 0. The number of benzene rings is 2. The lowest BCUT2D eigenvalue weighted by Crippen LogP contribution is -1.86. The van der Waals surface area contributed by atoms with Crippen molar-refractivity contribution in [3.63, 3.8) is 0 Å². The van der Waals surface area contributed by atoms with Crippen LogP contribution < -0.4 is 0 Å². The Morgan fingerprint density at radius 3 is 1.23 bits per heavy atom. The zero-order valence-electron chi connectivity index (χ0n) is 13.9. The molecular formula is C22H16N2O2. The number of hydrogen-bond acceptors (Lipinski definition) is 4. The fourth-order valence-electron chi connectivity index (χ4n) is 2.95. The van der Waals surface area contributed by atoms with Crippen LogP contribution in [-0.2, 0) is 0 Å². The maximum atomic E-state index is 10.4. The van der Waals surface area contributed by atoms with E-state index in [-0.39, 0.29) is 11.5 Å². The van der Waals surface area contributed by atoms with Crippen LogP contribution >= 0.6 is 0 Å². The van der Waals surface area contributed by atoms with Crippen molar-refractivity contribution in [2.45, 2.75) is 0 Å². The van der Waals surface area contributed by atoms with Gasteiger partial charge in [0.15, 0.2) is 0 Å². The van der Waals surface area contributed by atoms with Gasteiger partial charge in [0.2, 0.25) is 0 Å². The summed E-state index contributed by atoms with van der Waals surface area (Å²) in [6.07, 6.45) is 6.90. The van der Waals surface area contributed by atoms with Crippen molar-refractivity contribution in [2.24, 2.45) is 0 Å². The summed E-state index contributed by atoms with van der Waals surface area (Å²) in [5, 5.41) is 20.8. The number of phenols is 2. The van der Waals surface area contributed by atoms with Gasteiger partial charge in [0.05, 0.1) is 0 Å². The summed E-state index contributed by atoms with van der Waals surface area (Å²) in [6.45, 7) is 0. The number of rotatable bonds is 3. The molecule has 4 rings (SSSR count). The third-order valence-corrected chi connectivity index (χ3v) is 4.31. The average molecular weight is 340 g/mol. The molecule has 2 heterocycles. The van der Waals surface area contributed by atoms with Crippen LogP contribution in [0.1, 0.15) is 0 Å². The smallest absolute Gasteiger partial charge is 0.123 e. The standard InChI is InChI=1S/C22H16N2O2/c25-21-3-1-17(15-5-9-23-10-6-15)13-19(21)20-14-18(2-4-22(20)26)16-7-11-24-12-8-16/h1-14,25-26H. The van der Waals surface area contributed by atoms with Crippen molar-refractivity contribution in [1.29, 1.82) is 0 Å². The first-order valence-corrected chi connectivity index (χ1v) is 8.19. The quantitative estimate of drug-likeness (QED) is 0.557. The monoisotopic (exact) mass is 340 g/mol. The summed E-state index contributed by atoms with van der Waals surface area (Å²) in [5.41, 5.74) is 5.01. The molecule has 2 aromatic heterocycles. The average Bonchev–Trinajstić information content (AvgIpc) is 2.70. The SMILES string of the molecule is Oc1ccc(-c2ccncc2)cc1-c1cc(-c2ccncc2)ccc1O. The first-order valence-electron chi connectivity index (χ1n) is 8.19. The van der Waals surface area contributed by atoms with E-state index in [2.05, 4.69) is 9.97 Å². The predicted molar refractivity (Wildman–Crippen MR) is 102 cm³/mol. The summed E-state index contributed by atoms with van der Waals surface area (Å²) >= 11 is 0. The summed E-state index contributed by atoms with van der Waals surface area (Å²) in [4.78, 5) is 8.07. The highest BCUT2D eigenvalue weighted by Crippen LogP contribution is 2.39. The third-order valence-electron chi connectivity index (χ3n) is 4.31. The number of nitrogens with zero attached hydrogens (tertiary/aromatic N) is 2. The minimum Gasteiger partial charge on any atom is -0.507 e. The first-order chi connectivity index (χ1) is 12.7. The van der Waals surface area contributed by atoms with Gasteiger partial charge in [-0.05, 0) is 70.8 Å². The van der Waals surface area contributed by atoms with Gasteiger partial charge in [0, 0.05) is 35.9 Å². The minimum absolute atomic E-state index is 0.116. The first kappa shape index (κ1) is 15.8. The van der Waals surface area contributed by atoms with Gasteiger partial charge in [0.1, 0.15) is 11.5 Å². The molecule has 0 spiro atoms. The lowest BCUT2D eigenvalue weighted by Gasteiger charge is -2.12. The van der Waals surface area contributed by atoms with Crippen molar-refractivity contribution >= 4 is 0 Å². The van der Waals surface area contributed by atoms with Crippen molar-refractivity contribution in [3.05, 3.63) is 85.5 Å². The van der Waals surface area contributed by atoms with Crippen LogP contribution in [0.15, 0.2) is 85.5 Å². The lowest BCUT2D eigenvalue weighted by molar-refractivity contribution is 0.469. The molecule has 4 nitrogen and oxygen atoms in total. The Labute approximate surface area is 151 Å². The van der Waals surface area contributed by atoms with E-state index in [0.29, 0.717) is 11.1 Å². The molecule has 26 heavy (non-hydrogen) atoms. The Hall–Kier alpha value is -3.66. The molecule has 0 bridgehead atoms. The molecule has 0 amide bonds. The molecule has 0 unspecified atom stereocenters. The zero-order valence-corrected chi connectivity index (χ0v) is 13.9. The second-order valence-corrected chi connectivity index (χ2v) is 5.94. The number of aromatic nitrogens is 2. The van der Waals surface area contributed by atoms with E-state index in [1.165, 1.54) is 0 Å². The Kier molecular flexibility index (Phi) is 4.07. The minimum atomic E-state index is 0.116. The normalized spacial score (nSPS) is 10.6. The third kappa shape index (κ3) is 3.00. The van der Waals surface area contributed by atoms with Gasteiger partial charge in [-0.25, -0.2) is 0 Å². The number of hydrogen-bond donors (Lipinski definition) is 2. The maximum absolute atomic E-state index is 10.4. The molecule has 0 aliphatic heterocycles. The second-order valence-electron chi connectivity index (χ2n) is 5.94. The van der Waals surface area contributed by atoms with E-state index in [1.54, 1.807) is 36.9 Å². The van der Waals surface area contributed by atoms with Gasteiger partial charge in [-0.2, -0.15) is 0 Å². The zero-order chi connectivity index (χ0) is 17.9. The largest absolute Gasteiger partial charge is 0.507 e. The molecular weight excluding hydrogens is 324 g/mol. The van der Waals surface area contributed by atoms with Crippen molar-refractivity contribution in [3.8, 4) is 44.9 Å². The number of pyridine rings is 2. The van der Waals surface area contributed by atoms with Crippen LogP contribution in [0.3, 0.4) is 0 Å². The van der Waals surface area contributed by atoms with Gasteiger partial charge in [0.25, 0.3) is 0 Å². The van der Waals surface area contributed by atoms with E-state index in [9.17, 15) is 10.2 Å². The van der Waals surface area contributed by atoms with Crippen LogP contribution in [0.5, 0.6) is 11.5 Å². The highest BCUT2D eigenvalue weighted by atomic mass is 16.3. The Morgan fingerprint density at radius 1 is 0.462 bits per heavy atom. The van der Waals surface area contributed by atoms with Crippen molar-refractivity contribution in [1.82, 2.24) is 9.97 Å². The van der Waals surface area contributed by atoms with Crippen LogP contribution in [0, 0.1) is 0 Å². The van der Waals surface area contributed by atoms with E-state index in [1.807, 2.05) is 48.5 Å². The molecule has 0 fully saturated rings. The van der Waals surface area contributed by atoms with E-state index in [0.717, 1.165) is 22.3 Å². The number of phenolic OH excluding ortho intramolecular Hbond substituents is 2. The van der Waals surface area contributed by atoms with E-state index < -0.39 is 0 Å². The molecule has 0 saturated carbocycles. The van der Waals surface area contributed by atoms with Gasteiger partial charge >= 0.3 is 0 Å². The van der Waals surface area contributed by atoms with Gasteiger partial charge in [-0.3, -0.25) is 9.97 Å². The highest BCUT2D eigenvalue weighted by molar-refractivity contribution is 5.83. The van der Waals surface area contributed by atoms with Crippen molar-refractivity contribution < 1.29 is 10.2 Å². The molecule has 0 atom stereocenters. The van der Waals surface area contributed by atoms with Gasteiger partial charge in [-0.15, -0.1) is 0 Å². The molecule has 0 radical (unpaired) electrons. The summed E-state index contributed by atoms with van der Waals surface area (Å²) in [5.74, 6) is 0.231. The Morgan fingerprint density at radius 2 is 0.846 bits per heavy atom. The molecule has 2 N–H and O–H groups in total. The van der Waals surface area contributed by atoms with E-state index in [4.69, 9.17) is 0 Å². The molecule has 126 valence electrons. The van der Waals surface area contributed by atoms with Crippen molar-refractivity contribution in [2.75, 3.05) is 0 Å². The summed E-state index contributed by atoms with van der Waals surface area (Å²) in [7, 11) is 0. The molecule has 0 saturated heterocycles. The topological polar surface area (TPSA) is 66.2 Å². The van der Waals surface area contributed by atoms with Gasteiger partial charge in [-0.1, -0.05) is 12.1 Å².